The SMILES string of the molecule is COc1ccc(OCCCC(=O)O[C@@H](C)C(=O)Nc2ccc(Cl)cn2)cc1. The molecule has 0 aliphatic heterocycles. The molecule has 0 radical (unpaired) electrons. The number of rotatable bonds is 9. The highest BCUT2D eigenvalue weighted by molar-refractivity contribution is 6.30. The minimum Gasteiger partial charge on any atom is -0.497 e. The molecule has 144 valence electrons. The zero-order chi connectivity index (χ0) is 19.6. The summed E-state index contributed by atoms with van der Waals surface area (Å²) in [7, 11) is 1.59. The Hall–Kier alpha value is -2.80. The molecule has 8 heteroatoms. The summed E-state index contributed by atoms with van der Waals surface area (Å²) >= 11 is 5.73. The van der Waals surface area contributed by atoms with Gasteiger partial charge in [-0.1, -0.05) is 11.6 Å². The third kappa shape index (κ3) is 7.15. The number of ether oxygens (including phenoxy) is 3. The molecule has 0 aliphatic carbocycles. The fraction of sp³-hybridized carbons (Fsp3) is 0.316. The van der Waals surface area contributed by atoms with Crippen molar-refractivity contribution in [2.75, 3.05) is 19.0 Å². The molecule has 2 aromatic rings. The maximum absolute atomic E-state index is 12.0. The predicted octanol–water partition coefficient (Wildman–Crippen LogP) is 3.47. The summed E-state index contributed by atoms with van der Waals surface area (Å²) in [4.78, 5) is 27.8. The quantitative estimate of drug-likeness (QED) is 0.519. The van der Waals surface area contributed by atoms with E-state index in [1.165, 1.54) is 13.1 Å². The second-order valence-electron chi connectivity index (χ2n) is 5.61. The Morgan fingerprint density at radius 2 is 1.85 bits per heavy atom. The largest absolute Gasteiger partial charge is 0.497 e. The van der Waals surface area contributed by atoms with Gasteiger partial charge in [-0.2, -0.15) is 0 Å². The fourth-order valence-electron chi connectivity index (χ4n) is 2.07. The topological polar surface area (TPSA) is 86.8 Å². The van der Waals surface area contributed by atoms with Crippen LogP contribution in [0, 0.1) is 0 Å². The van der Waals surface area contributed by atoms with E-state index < -0.39 is 18.0 Å². The molecule has 0 aliphatic rings. The van der Waals surface area contributed by atoms with E-state index in [4.69, 9.17) is 25.8 Å². The summed E-state index contributed by atoms with van der Waals surface area (Å²) in [6.45, 7) is 1.85. The van der Waals surface area contributed by atoms with Crippen LogP contribution in [-0.2, 0) is 14.3 Å². The lowest BCUT2D eigenvalue weighted by molar-refractivity contribution is -0.153. The highest BCUT2D eigenvalue weighted by atomic mass is 35.5. The second-order valence-corrected chi connectivity index (χ2v) is 6.05. The van der Waals surface area contributed by atoms with Crippen LogP contribution in [0.3, 0.4) is 0 Å². The van der Waals surface area contributed by atoms with Crippen molar-refractivity contribution in [1.29, 1.82) is 0 Å². The lowest BCUT2D eigenvalue weighted by Gasteiger charge is -2.13. The first-order chi connectivity index (χ1) is 13.0. The van der Waals surface area contributed by atoms with Gasteiger partial charge in [-0.3, -0.25) is 9.59 Å². The van der Waals surface area contributed by atoms with Crippen molar-refractivity contribution in [1.82, 2.24) is 4.98 Å². The molecule has 0 unspecified atom stereocenters. The van der Waals surface area contributed by atoms with E-state index in [0.29, 0.717) is 29.6 Å². The monoisotopic (exact) mass is 392 g/mol. The van der Waals surface area contributed by atoms with Gasteiger partial charge < -0.3 is 19.5 Å². The zero-order valence-corrected chi connectivity index (χ0v) is 15.9. The van der Waals surface area contributed by atoms with E-state index >= 15 is 0 Å². The first kappa shape index (κ1) is 20.5. The van der Waals surface area contributed by atoms with Crippen LogP contribution < -0.4 is 14.8 Å². The number of hydrogen-bond acceptors (Lipinski definition) is 6. The number of amides is 1. The fourth-order valence-corrected chi connectivity index (χ4v) is 2.18. The summed E-state index contributed by atoms with van der Waals surface area (Å²) in [6, 6.07) is 10.3. The van der Waals surface area contributed by atoms with Crippen LogP contribution in [0.5, 0.6) is 11.5 Å². The van der Waals surface area contributed by atoms with Gasteiger partial charge in [0, 0.05) is 12.6 Å². The number of anilines is 1. The number of pyridine rings is 1. The van der Waals surface area contributed by atoms with Gasteiger partial charge in [0.2, 0.25) is 0 Å². The van der Waals surface area contributed by atoms with Crippen LogP contribution >= 0.6 is 11.6 Å². The van der Waals surface area contributed by atoms with Crippen LogP contribution in [0.15, 0.2) is 42.6 Å². The standard InChI is InChI=1S/C19H21ClN2O5/c1-13(19(24)22-17-10-5-14(20)12-21-17)27-18(23)4-3-11-26-16-8-6-15(25-2)7-9-16/h5-10,12-13H,3-4,11H2,1-2H3,(H,21,22,24)/t13-/m0/s1. The Morgan fingerprint density at radius 1 is 1.15 bits per heavy atom. The number of aromatic nitrogens is 1. The second kappa shape index (κ2) is 10.4. The Kier molecular flexibility index (Phi) is 7.88. The van der Waals surface area contributed by atoms with Crippen molar-refractivity contribution < 1.29 is 23.8 Å². The van der Waals surface area contributed by atoms with Crippen LogP contribution in [0.2, 0.25) is 5.02 Å². The average Bonchev–Trinajstić information content (AvgIpc) is 2.67. The molecular formula is C19H21ClN2O5. The summed E-state index contributed by atoms with van der Waals surface area (Å²) < 4.78 is 15.7. The van der Waals surface area contributed by atoms with Gasteiger partial charge in [0.25, 0.3) is 5.91 Å². The summed E-state index contributed by atoms with van der Waals surface area (Å²) in [6.07, 6.45) is 1.10. The smallest absolute Gasteiger partial charge is 0.306 e. The molecule has 27 heavy (non-hydrogen) atoms. The molecule has 1 aromatic heterocycles. The lowest BCUT2D eigenvalue weighted by Crippen LogP contribution is -2.30. The number of carbonyl (C=O) groups is 2. The van der Waals surface area contributed by atoms with Gasteiger partial charge in [0.15, 0.2) is 6.10 Å². The van der Waals surface area contributed by atoms with Gasteiger partial charge in [-0.15, -0.1) is 0 Å². The van der Waals surface area contributed by atoms with Crippen molar-refractivity contribution in [3.63, 3.8) is 0 Å². The summed E-state index contributed by atoms with van der Waals surface area (Å²) in [5.41, 5.74) is 0. The summed E-state index contributed by atoms with van der Waals surface area (Å²) in [5.74, 6) is 0.826. The Bertz CT molecular complexity index is 750. The van der Waals surface area contributed by atoms with Crippen LogP contribution in [0.4, 0.5) is 5.82 Å². The number of esters is 1. The molecule has 7 nitrogen and oxygen atoms in total. The number of hydrogen-bond donors (Lipinski definition) is 1. The van der Waals surface area contributed by atoms with E-state index in [0.717, 1.165) is 5.75 Å². The minimum atomic E-state index is -0.933. The van der Waals surface area contributed by atoms with E-state index in [1.807, 2.05) is 0 Å². The molecular weight excluding hydrogens is 372 g/mol. The van der Waals surface area contributed by atoms with Crippen molar-refractivity contribution in [2.45, 2.75) is 25.9 Å². The van der Waals surface area contributed by atoms with Crippen LogP contribution in [0.1, 0.15) is 19.8 Å². The number of nitrogens with one attached hydrogen (secondary N) is 1. The van der Waals surface area contributed by atoms with Crippen molar-refractivity contribution in [3.05, 3.63) is 47.6 Å². The summed E-state index contributed by atoms with van der Waals surface area (Å²) in [5, 5.41) is 3.01. The lowest BCUT2D eigenvalue weighted by atomic mass is 10.3. The van der Waals surface area contributed by atoms with Crippen molar-refractivity contribution >= 4 is 29.3 Å². The predicted molar refractivity (Wildman–Crippen MR) is 101 cm³/mol. The molecule has 1 aromatic carbocycles. The normalized spacial score (nSPS) is 11.4. The minimum absolute atomic E-state index is 0.146. The first-order valence-electron chi connectivity index (χ1n) is 8.36. The highest BCUT2D eigenvalue weighted by Crippen LogP contribution is 2.17. The van der Waals surface area contributed by atoms with Gasteiger partial charge in [-0.05, 0) is 49.7 Å². The van der Waals surface area contributed by atoms with E-state index in [9.17, 15) is 9.59 Å². The maximum Gasteiger partial charge on any atom is 0.306 e. The molecule has 0 bridgehead atoms. The molecule has 0 spiro atoms. The number of nitrogens with zero attached hydrogens (tertiary/aromatic N) is 1. The number of carbonyl (C=O) groups excluding carboxylic acids is 2. The molecule has 1 atom stereocenters. The molecule has 1 N–H and O–H groups in total. The van der Waals surface area contributed by atoms with Crippen molar-refractivity contribution in [3.8, 4) is 11.5 Å². The number of methoxy groups -OCH3 is 1. The van der Waals surface area contributed by atoms with Crippen LogP contribution in [0.25, 0.3) is 0 Å². The van der Waals surface area contributed by atoms with Gasteiger partial charge in [0.1, 0.15) is 17.3 Å². The molecule has 1 amide bonds. The van der Waals surface area contributed by atoms with Gasteiger partial charge in [0.05, 0.1) is 18.7 Å². The molecule has 0 saturated heterocycles. The average molecular weight is 393 g/mol. The maximum atomic E-state index is 12.0. The Balaban J connectivity index is 1.66. The first-order valence-corrected chi connectivity index (χ1v) is 8.74. The highest BCUT2D eigenvalue weighted by Gasteiger charge is 2.18. The molecule has 0 saturated carbocycles. The third-order valence-electron chi connectivity index (χ3n) is 3.51. The molecule has 2 rings (SSSR count). The van der Waals surface area contributed by atoms with Gasteiger partial charge in [-0.25, -0.2) is 4.98 Å². The molecule has 1 heterocycles. The van der Waals surface area contributed by atoms with Crippen LogP contribution in [-0.4, -0.2) is 36.7 Å². The number of halogens is 1. The van der Waals surface area contributed by atoms with E-state index in [2.05, 4.69) is 10.3 Å². The van der Waals surface area contributed by atoms with Crippen molar-refractivity contribution in [2.24, 2.45) is 0 Å². The molecule has 0 fully saturated rings. The van der Waals surface area contributed by atoms with Gasteiger partial charge >= 0.3 is 5.97 Å². The van der Waals surface area contributed by atoms with E-state index in [-0.39, 0.29) is 6.42 Å². The Labute approximate surface area is 162 Å². The number of benzene rings is 1. The zero-order valence-electron chi connectivity index (χ0n) is 15.1. The third-order valence-corrected chi connectivity index (χ3v) is 3.73. The van der Waals surface area contributed by atoms with E-state index in [1.54, 1.807) is 43.5 Å². The Morgan fingerprint density at radius 3 is 2.48 bits per heavy atom.